The highest BCUT2D eigenvalue weighted by molar-refractivity contribution is 5.99. The number of hydrogen-bond acceptors (Lipinski definition) is 5. The molecule has 2 aliphatic heterocycles. The van der Waals surface area contributed by atoms with Crippen molar-refractivity contribution in [3.05, 3.63) is 107 Å². The normalized spacial score (nSPS) is 24.0. The largest absolute Gasteiger partial charge is 0.356 e. The molecule has 0 spiro atoms. The van der Waals surface area contributed by atoms with Crippen LogP contribution in [-0.4, -0.2) is 84.1 Å². The number of amides is 5. The maximum atomic E-state index is 13.9. The number of carbonyl (C=O) groups is 5. The third kappa shape index (κ3) is 12.1. The molecule has 326 valence electrons. The molecule has 2 aliphatic carbocycles. The molecule has 2 heterocycles. The summed E-state index contributed by atoms with van der Waals surface area (Å²) in [6, 6.07) is 26.9. The van der Waals surface area contributed by atoms with Crippen molar-refractivity contribution < 1.29 is 24.0 Å². The van der Waals surface area contributed by atoms with E-state index in [4.69, 9.17) is 0 Å². The summed E-state index contributed by atoms with van der Waals surface area (Å²) in [5.74, 6) is -1.91. The Morgan fingerprint density at radius 1 is 0.525 bits per heavy atom. The average Bonchev–Trinajstić information content (AvgIpc) is 4.11. The molecule has 3 aromatic rings. The molecule has 3 N–H and O–H groups in total. The fraction of sp³-hybridized carbons (Fsp3) is 0.549. The minimum atomic E-state index is -0.680. The zero-order valence-electron chi connectivity index (χ0n) is 36.2. The highest BCUT2D eigenvalue weighted by Gasteiger charge is 2.49. The lowest BCUT2D eigenvalue weighted by Crippen LogP contribution is -2.43. The predicted octanol–water partition coefficient (Wildman–Crippen LogP) is 8.00. The van der Waals surface area contributed by atoms with E-state index in [2.05, 4.69) is 47.1 Å². The van der Waals surface area contributed by atoms with Crippen molar-refractivity contribution >= 4 is 29.5 Å². The number of rotatable bonds is 22. The molecule has 61 heavy (non-hydrogen) atoms. The Hall–Kier alpha value is -4.99. The van der Waals surface area contributed by atoms with Crippen LogP contribution in [0.25, 0.3) is 0 Å². The summed E-state index contributed by atoms with van der Waals surface area (Å²) in [6.45, 7) is 4.09. The number of unbranched alkanes of at least 4 members (excludes halogenated alkanes) is 11. The molecular weight excluding hydrogens is 763 g/mol. The molecule has 0 radical (unpaired) electrons. The van der Waals surface area contributed by atoms with Gasteiger partial charge in [-0.3, -0.25) is 24.0 Å². The van der Waals surface area contributed by atoms with Crippen molar-refractivity contribution in [2.45, 2.75) is 127 Å². The molecule has 7 atom stereocenters. The molecule has 0 aromatic heterocycles. The Labute approximate surface area is 363 Å². The van der Waals surface area contributed by atoms with Gasteiger partial charge in [-0.25, -0.2) is 0 Å². The van der Waals surface area contributed by atoms with E-state index in [0.717, 1.165) is 25.7 Å². The van der Waals surface area contributed by atoms with Crippen molar-refractivity contribution in [2.75, 3.05) is 32.7 Å². The Morgan fingerprint density at radius 2 is 0.967 bits per heavy atom. The Kier molecular flexibility index (Phi) is 15.7. The lowest BCUT2D eigenvalue weighted by molar-refractivity contribution is -0.133. The molecule has 0 unspecified atom stereocenters. The predicted molar refractivity (Wildman–Crippen MR) is 239 cm³/mol. The number of nitrogens with one attached hydrogen (secondary N) is 3. The van der Waals surface area contributed by atoms with Gasteiger partial charge in [0.15, 0.2) is 0 Å². The topological polar surface area (TPSA) is 128 Å². The quantitative estimate of drug-likeness (QED) is 0.0886. The van der Waals surface area contributed by atoms with Crippen molar-refractivity contribution in [3.8, 4) is 0 Å². The van der Waals surface area contributed by atoms with Crippen molar-refractivity contribution in [1.29, 1.82) is 0 Å². The van der Waals surface area contributed by atoms with Crippen LogP contribution < -0.4 is 16.0 Å². The van der Waals surface area contributed by atoms with Gasteiger partial charge in [-0.05, 0) is 61.1 Å². The zero-order valence-corrected chi connectivity index (χ0v) is 36.2. The van der Waals surface area contributed by atoms with Crippen LogP contribution in [0, 0.1) is 17.8 Å². The van der Waals surface area contributed by atoms with E-state index >= 15 is 0 Å². The van der Waals surface area contributed by atoms with Gasteiger partial charge in [-0.2, -0.15) is 0 Å². The molecular formula is C51H67N5O5. The first kappa shape index (κ1) is 44.1. The first-order valence-corrected chi connectivity index (χ1v) is 23.5. The van der Waals surface area contributed by atoms with Crippen molar-refractivity contribution in [1.82, 2.24) is 25.8 Å². The molecule has 7 rings (SSSR count). The fourth-order valence-electron chi connectivity index (χ4n) is 9.53. The Balaban J connectivity index is 0.863. The van der Waals surface area contributed by atoms with Crippen LogP contribution in [0.4, 0.5) is 0 Å². The Morgan fingerprint density at radius 3 is 1.44 bits per heavy atom. The summed E-state index contributed by atoms with van der Waals surface area (Å²) < 4.78 is 0. The van der Waals surface area contributed by atoms with E-state index in [9.17, 15) is 24.0 Å². The summed E-state index contributed by atoms with van der Waals surface area (Å²) in [5, 5.41) is 9.49. The van der Waals surface area contributed by atoms with Crippen LogP contribution in [-0.2, 0) is 14.4 Å². The van der Waals surface area contributed by atoms with Crippen LogP contribution in [0.2, 0.25) is 0 Å². The standard InChI is InChI=1S/C51H67N5O5/c1-2-3-4-5-6-7-8-9-10-11-12-19-29-52-47(57)40-28-30-55(33-40)50(60)38-24-26-39(27-25-38)51(61)56-34-43(48(58)53-45-31-41(45)36-20-15-13-16-21-36)44(35-56)49(59)54-46-32-42(46)37-22-17-14-18-23-37/h13-18,20-27,40-46H,2-12,19,28-35H2,1H3,(H,52,57)(H,53,58)(H,54,59)/t40-,41-,42-,43-,44-,45+,46+/m1/s1. The van der Waals surface area contributed by atoms with Gasteiger partial charge in [0, 0.05) is 67.8 Å². The van der Waals surface area contributed by atoms with Crippen LogP contribution in [0.15, 0.2) is 84.9 Å². The van der Waals surface area contributed by atoms with E-state index in [1.807, 2.05) is 36.4 Å². The second kappa shape index (κ2) is 21.7. The lowest BCUT2D eigenvalue weighted by Gasteiger charge is -2.18. The third-order valence-electron chi connectivity index (χ3n) is 13.5. The van der Waals surface area contributed by atoms with Gasteiger partial charge >= 0.3 is 0 Å². The number of benzene rings is 3. The number of likely N-dealkylation sites (tertiary alicyclic amines) is 2. The highest BCUT2D eigenvalue weighted by atomic mass is 16.2. The van der Waals surface area contributed by atoms with Crippen LogP contribution in [0.3, 0.4) is 0 Å². The van der Waals surface area contributed by atoms with Gasteiger partial charge in [0.1, 0.15) is 0 Å². The molecule has 4 aliphatic rings. The zero-order chi connectivity index (χ0) is 42.6. The summed E-state index contributed by atoms with van der Waals surface area (Å²) in [6.07, 6.45) is 17.7. The smallest absolute Gasteiger partial charge is 0.253 e. The second-order valence-corrected chi connectivity index (χ2v) is 18.2. The summed E-state index contributed by atoms with van der Waals surface area (Å²) in [4.78, 5) is 71.4. The summed E-state index contributed by atoms with van der Waals surface area (Å²) in [7, 11) is 0. The van der Waals surface area contributed by atoms with E-state index in [0.29, 0.717) is 37.2 Å². The summed E-state index contributed by atoms with van der Waals surface area (Å²) >= 11 is 0. The highest BCUT2D eigenvalue weighted by Crippen LogP contribution is 2.42. The Bertz CT molecular complexity index is 1850. The average molecular weight is 830 g/mol. The van der Waals surface area contributed by atoms with Crippen LogP contribution >= 0.6 is 0 Å². The fourth-order valence-corrected chi connectivity index (χ4v) is 9.53. The van der Waals surface area contributed by atoms with E-state index in [1.165, 1.54) is 75.3 Å². The van der Waals surface area contributed by atoms with Gasteiger partial charge in [0.05, 0.1) is 17.8 Å². The van der Waals surface area contributed by atoms with Gasteiger partial charge in [-0.1, -0.05) is 138 Å². The molecule has 5 amide bonds. The van der Waals surface area contributed by atoms with E-state index in [1.54, 1.807) is 34.1 Å². The molecule has 10 heteroatoms. The van der Waals surface area contributed by atoms with Gasteiger partial charge in [0.25, 0.3) is 11.8 Å². The maximum Gasteiger partial charge on any atom is 0.253 e. The SMILES string of the molecule is CCCCCCCCCCCCCCNC(=O)[C@@H]1CCN(C(=O)c2ccc(C(=O)N3C[C@@H](C(=O)N[C@H]4C[C@@H]4c4ccccc4)[C@H](C(=O)N[C@H]4C[C@@H]4c4ccccc4)C3)cc2)C1. The first-order valence-electron chi connectivity index (χ1n) is 23.5. The molecule has 10 nitrogen and oxygen atoms in total. The number of carbonyl (C=O) groups excluding carboxylic acids is 5. The molecule has 0 bridgehead atoms. The van der Waals surface area contributed by atoms with Gasteiger partial charge in [0.2, 0.25) is 17.7 Å². The minimum absolute atomic E-state index is 0.00340. The molecule has 4 fully saturated rings. The maximum absolute atomic E-state index is 13.9. The third-order valence-corrected chi connectivity index (χ3v) is 13.5. The molecule has 3 aromatic carbocycles. The van der Waals surface area contributed by atoms with Gasteiger partial charge < -0.3 is 25.8 Å². The second-order valence-electron chi connectivity index (χ2n) is 18.2. The minimum Gasteiger partial charge on any atom is -0.356 e. The van der Waals surface area contributed by atoms with Crippen molar-refractivity contribution in [2.24, 2.45) is 17.8 Å². The van der Waals surface area contributed by atoms with E-state index < -0.39 is 11.8 Å². The van der Waals surface area contributed by atoms with E-state index in [-0.39, 0.29) is 72.5 Å². The number of hydrogen-bond donors (Lipinski definition) is 3. The number of nitrogens with zero attached hydrogens (tertiary/aromatic N) is 2. The lowest BCUT2D eigenvalue weighted by atomic mass is 9.94. The first-order chi connectivity index (χ1) is 29.8. The molecule has 2 saturated heterocycles. The molecule has 2 saturated carbocycles. The van der Waals surface area contributed by atoms with Gasteiger partial charge in [-0.15, -0.1) is 0 Å². The van der Waals surface area contributed by atoms with Crippen LogP contribution in [0.5, 0.6) is 0 Å². The van der Waals surface area contributed by atoms with Crippen molar-refractivity contribution in [3.63, 3.8) is 0 Å². The monoisotopic (exact) mass is 830 g/mol. The van der Waals surface area contributed by atoms with Crippen LogP contribution in [0.1, 0.15) is 147 Å². The summed E-state index contributed by atoms with van der Waals surface area (Å²) in [5.41, 5.74) is 3.22.